The number of aliphatic imine (C=N–C) groups is 1. The van der Waals surface area contributed by atoms with Crippen LogP contribution in [0, 0.1) is 0 Å². The molecule has 2 aromatic carbocycles. The monoisotopic (exact) mass is 389 g/mol. The highest BCUT2D eigenvalue weighted by molar-refractivity contribution is 5.80. The van der Waals surface area contributed by atoms with E-state index in [1.165, 1.54) is 16.7 Å². The highest BCUT2D eigenvalue weighted by Crippen LogP contribution is 2.09. The summed E-state index contributed by atoms with van der Waals surface area (Å²) in [6.07, 6.45) is 7.75. The summed E-state index contributed by atoms with van der Waals surface area (Å²) in [4.78, 5) is 8.90. The van der Waals surface area contributed by atoms with E-state index in [9.17, 15) is 0 Å². The lowest BCUT2D eigenvalue weighted by Gasteiger charge is -2.18. The summed E-state index contributed by atoms with van der Waals surface area (Å²) in [5.41, 5.74) is 3.83. The number of rotatable bonds is 9. The van der Waals surface area contributed by atoms with Crippen LogP contribution in [0.25, 0.3) is 0 Å². The van der Waals surface area contributed by atoms with Crippen molar-refractivity contribution in [3.8, 4) is 0 Å². The van der Waals surface area contributed by atoms with Gasteiger partial charge >= 0.3 is 0 Å². The molecule has 0 bridgehead atoms. The molecule has 1 atom stereocenters. The first kappa shape index (κ1) is 20.6. The predicted molar refractivity (Wildman–Crippen MR) is 120 cm³/mol. The van der Waals surface area contributed by atoms with Crippen LogP contribution >= 0.6 is 0 Å². The number of benzene rings is 2. The first-order valence-corrected chi connectivity index (χ1v) is 10.3. The molecule has 0 fully saturated rings. The fraction of sp³-hybridized carbons (Fsp3) is 0.333. The first-order chi connectivity index (χ1) is 14.2. The molecule has 1 unspecified atom stereocenters. The second-order valence-electron chi connectivity index (χ2n) is 7.32. The van der Waals surface area contributed by atoms with E-state index < -0.39 is 0 Å². The first-order valence-electron chi connectivity index (χ1n) is 10.3. The molecular weight excluding hydrogens is 358 g/mol. The second-order valence-corrected chi connectivity index (χ2v) is 7.32. The van der Waals surface area contributed by atoms with E-state index >= 15 is 0 Å². The van der Waals surface area contributed by atoms with Gasteiger partial charge in [-0.3, -0.25) is 0 Å². The van der Waals surface area contributed by atoms with Gasteiger partial charge in [-0.15, -0.1) is 0 Å². The number of nitrogens with zero attached hydrogens (tertiary/aromatic N) is 3. The van der Waals surface area contributed by atoms with Crippen molar-refractivity contribution in [2.24, 2.45) is 4.99 Å². The standard InChI is InChI=1S/C24H31N5/c1-3-26-24(28-20(2)12-13-21-8-5-4-6-9-21)27-17-22-10-7-11-23(16-22)18-29-15-14-25-19-29/h4-11,14-16,19-20H,3,12-13,17-18H2,1-2H3,(H2,26,27,28). The topological polar surface area (TPSA) is 54.2 Å². The van der Waals surface area contributed by atoms with Crippen LogP contribution in [0.4, 0.5) is 0 Å². The Morgan fingerprint density at radius 2 is 1.86 bits per heavy atom. The van der Waals surface area contributed by atoms with Crippen molar-refractivity contribution < 1.29 is 0 Å². The molecule has 1 aromatic heterocycles. The Kier molecular flexibility index (Phi) is 7.87. The fourth-order valence-electron chi connectivity index (χ4n) is 3.24. The molecule has 0 saturated heterocycles. The van der Waals surface area contributed by atoms with Crippen molar-refractivity contribution in [1.82, 2.24) is 20.2 Å². The number of hydrogen-bond acceptors (Lipinski definition) is 2. The molecule has 0 saturated carbocycles. The highest BCUT2D eigenvalue weighted by atomic mass is 15.2. The molecule has 5 nitrogen and oxygen atoms in total. The molecule has 2 N–H and O–H groups in total. The minimum Gasteiger partial charge on any atom is -0.357 e. The Balaban J connectivity index is 1.55. The van der Waals surface area contributed by atoms with Gasteiger partial charge in [-0.05, 0) is 43.4 Å². The zero-order valence-corrected chi connectivity index (χ0v) is 17.4. The fourth-order valence-corrected chi connectivity index (χ4v) is 3.24. The highest BCUT2D eigenvalue weighted by Gasteiger charge is 2.06. The average Bonchev–Trinajstić information content (AvgIpc) is 3.25. The van der Waals surface area contributed by atoms with Crippen molar-refractivity contribution in [3.63, 3.8) is 0 Å². The Hall–Kier alpha value is -3.08. The predicted octanol–water partition coefficient (Wildman–Crippen LogP) is 4.01. The molecule has 0 aliphatic heterocycles. The van der Waals surface area contributed by atoms with E-state index in [2.05, 4.69) is 88.6 Å². The largest absolute Gasteiger partial charge is 0.357 e. The van der Waals surface area contributed by atoms with Crippen LogP contribution in [0.2, 0.25) is 0 Å². The molecule has 0 aliphatic rings. The van der Waals surface area contributed by atoms with Crippen molar-refractivity contribution in [1.29, 1.82) is 0 Å². The minimum atomic E-state index is 0.348. The normalized spacial score (nSPS) is 12.6. The summed E-state index contributed by atoms with van der Waals surface area (Å²) < 4.78 is 2.07. The van der Waals surface area contributed by atoms with Crippen LogP contribution < -0.4 is 10.6 Å². The lowest BCUT2D eigenvalue weighted by atomic mass is 10.1. The third-order valence-electron chi connectivity index (χ3n) is 4.77. The van der Waals surface area contributed by atoms with Gasteiger partial charge in [0.1, 0.15) is 0 Å². The van der Waals surface area contributed by atoms with Crippen LogP contribution in [0.5, 0.6) is 0 Å². The second kappa shape index (κ2) is 11.1. The number of nitrogens with one attached hydrogen (secondary N) is 2. The Labute approximate surface area is 173 Å². The summed E-state index contributed by atoms with van der Waals surface area (Å²) in [6, 6.07) is 19.6. The number of guanidine groups is 1. The maximum Gasteiger partial charge on any atom is 0.191 e. The van der Waals surface area contributed by atoms with Gasteiger partial charge in [0.25, 0.3) is 0 Å². The molecule has 29 heavy (non-hydrogen) atoms. The molecule has 0 radical (unpaired) electrons. The van der Waals surface area contributed by atoms with E-state index in [1.54, 1.807) is 0 Å². The van der Waals surface area contributed by atoms with Gasteiger partial charge in [-0.25, -0.2) is 9.98 Å². The zero-order chi connectivity index (χ0) is 20.3. The molecule has 0 amide bonds. The van der Waals surface area contributed by atoms with Crippen molar-refractivity contribution in [2.45, 2.75) is 45.8 Å². The third-order valence-corrected chi connectivity index (χ3v) is 4.77. The molecule has 1 heterocycles. The summed E-state index contributed by atoms with van der Waals surface area (Å²) in [7, 11) is 0. The quantitative estimate of drug-likeness (QED) is 0.429. The maximum atomic E-state index is 4.79. The number of aryl methyl sites for hydroxylation is 1. The number of aromatic nitrogens is 2. The molecule has 5 heteroatoms. The maximum absolute atomic E-state index is 4.79. The van der Waals surface area contributed by atoms with Crippen LogP contribution in [0.1, 0.15) is 37.0 Å². The van der Waals surface area contributed by atoms with E-state index in [4.69, 9.17) is 4.99 Å². The number of hydrogen-bond donors (Lipinski definition) is 2. The van der Waals surface area contributed by atoms with E-state index in [1.807, 2.05) is 18.7 Å². The van der Waals surface area contributed by atoms with Crippen LogP contribution in [0.3, 0.4) is 0 Å². The molecule has 3 rings (SSSR count). The van der Waals surface area contributed by atoms with Crippen molar-refractivity contribution in [3.05, 3.63) is 90.0 Å². The van der Waals surface area contributed by atoms with Gasteiger partial charge in [-0.2, -0.15) is 0 Å². The molecule has 0 spiro atoms. The number of imidazole rings is 1. The lowest BCUT2D eigenvalue weighted by molar-refractivity contribution is 0.593. The Morgan fingerprint density at radius 1 is 1.07 bits per heavy atom. The van der Waals surface area contributed by atoms with Gasteiger partial charge in [0.05, 0.1) is 12.9 Å². The van der Waals surface area contributed by atoms with E-state index in [-0.39, 0.29) is 0 Å². The minimum absolute atomic E-state index is 0.348. The van der Waals surface area contributed by atoms with Crippen LogP contribution in [-0.4, -0.2) is 28.1 Å². The Bertz CT molecular complexity index is 871. The van der Waals surface area contributed by atoms with Gasteiger partial charge in [-0.1, -0.05) is 54.6 Å². The Morgan fingerprint density at radius 3 is 2.62 bits per heavy atom. The van der Waals surface area contributed by atoms with Gasteiger partial charge in [0.15, 0.2) is 5.96 Å². The summed E-state index contributed by atoms with van der Waals surface area (Å²) >= 11 is 0. The van der Waals surface area contributed by atoms with Crippen LogP contribution in [-0.2, 0) is 19.5 Å². The van der Waals surface area contributed by atoms with E-state index in [0.717, 1.165) is 31.9 Å². The zero-order valence-electron chi connectivity index (χ0n) is 17.4. The van der Waals surface area contributed by atoms with Gasteiger partial charge < -0.3 is 15.2 Å². The summed E-state index contributed by atoms with van der Waals surface area (Å²) in [6.45, 7) is 6.63. The third kappa shape index (κ3) is 7.11. The van der Waals surface area contributed by atoms with Gasteiger partial charge in [0, 0.05) is 31.5 Å². The van der Waals surface area contributed by atoms with Crippen LogP contribution in [0.15, 0.2) is 78.3 Å². The smallest absolute Gasteiger partial charge is 0.191 e. The van der Waals surface area contributed by atoms with Crippen molar-refractivity contribution >= 4 is 5.96 Å². The summed E-state index contributed by atoms with van der Waals surface area (Å²) in [5, 5.41) is 6.90. The lowest BCUT2D eigenvalue weighted by Crippen LogP contribution is -2.42. The molecule has 3 aromatic rings. The average molecular weight is 390 g/mol. The summed E-state index contributed by atoms with van der Waals surface area (Å²) in [5.74, 6) is 0.869. The SMILES string of the molecule is CCNC(=NCc1cccc(Cn2ccnc2)c1)NC(C)CCc1ccccc1. The molecular formula is C24H31N5. The molecule has 0 aliphatic carbocycles. The van der Waals surface area contributed by atoms with Crippen molar-refractivity contribution in [2.75, 3.05) is 6.54 Å². The molecule has 152 valence electrons. The van der Waals surface area contributed by atoms with Gasteiger partial charge in [0.2, 0.25) is 0 Å². The van der Waals surface area contributed by atoms with E-state index in [0.29, 0.717) is 12.6 Å².